The molecule has 0 bridgehead atoms. The zero-order chi connectivity index (χ0) is 13.2. The van der Waals surface area contributed by atoms with Gasteiger partial charge in [0.1, 0.15) is 11.3 Å². The van der Waals surface area contributed by atoms with Crippen molar-refractivity contribution in [2.75, 3.05) is 5.88 Å². The molecular weight excluding hydrogens is 279 g/mol. The van der Waals surface area contributed by atoms with E-state index >= 15 is 0 Å². The summed E-state index contributed by atoms with van der Waals surface area (Å²) in [5.41, 5.74) is 2.05. The first-order valence-corrected chi connectivity index (χ1v) is 7.90. The molecule has 1 saturated carbocycles. The third-order valence-electron chi connectivity index (χ3n) is 3.82. The number of hydrogen-bond donors (Lipinski definition) is 0. The number of fused-ring (bicyclic) bond motifs is 1. The fourth-order valence-electron chi connectivity index (χ4n) is 2.63. The second-order valence-corrected chi connectivity index (χ2v) is 6.10. The molecule has 1 aromatic heterocycles. The molecule has 0 aliphatic heterocycles. The third-order valence-corrected chi connectivity index (χ3v) is 4.31. The highest BCUT2D eigenvalue weighted by Gasteiger charge is 2.20. The molecule has 0 unspecified atom stereocenters. The van der Waals surface area contributed by atoms with Crippen LogP contribution >= 0.6 is 23.2 Å². The predicted molar refractivity (Wildman–Crippen MR) is 81.1 cm³/mol. The van der Waals surface area contributed by atoms with E-state index in [0.717, 1.165) is 40.8 Å². The van der Waals surface area contributed by atoms with Crippen LogP contribution in [0.5, 0.6) is 0 Å². The summed E-state index contributed by atoms with van der Waals surface area (Å²) >= 11 is 12.1. The summed E-state index contributed by atoms with van der Waals surface area (Å²) in [6.07, 6.45) is 6.20. The summed E-state index contributed by atoms with van der Waals surface area (Å²) < 4.78 is 2.30. The Bertz CT molecular complexity index is 573. The van der Waals surface area contributed by atoms with Crippen LogP contribution in [0, 0.1) is 5.92 Å². The monoisotopic (exact) mass is 296 g/mol. The van der Waals surface area contributed by atoms with E-state index in [9.17, 15) is 0 Å². The number of alkyl halides is 1. The van der Waals surface area contributed by atoms with E-state index in [1.165, 1.54) is 25.7 Å². The number of hydrogen-bond acceptors (Lipinski definition) is 1. The maximum atomic E-state index is 6.23. The van der Waals surface area contributed by atoms with Gasteiger partial charge in [-0.3, -0.25) is 0 Å². The van der Waals surface area contributed by atoms with Gasteiger partial charge in [-0.1, -0.05) is 30.5 Å². The second-order valence-electron chi connectivity index (χ2n) is 5.31. The van der Waals surface area contributed by atoms with Crippen LogP contribution in [-0.4, -0.2) is 15.4 Å². The van der Waals surface area contributed by atoms with Crippen molar-refractivity contribution in [2.24, 2.45) is 5.92 Å². The van der Waals surface area contributed by atoms with Crippen molar-refractivity contribution in [3.05, 3.63) is 29.0 Å². The van der Waals surface area contributed by atoms with Crippen molar-refractivity contribution in [2.45, 2.75) is 38.6 Å². The smallest absolute Gasteiger partial charge is 0.111 e. The van der Waals surface area contributed by atoms with Gasteiger partial charge in [0.05, 0.1) is 10.5 Å². The molecule has 102 valence electrons. The van der Waals surface area contributed by atoms with Gasteiger partial charge in [-0.05, 0) is 30.9 Å². The van der Waals surface area contributed by atoms with Crippen LogP contribution < -0.4 is 0 Å². The van der Waals surface area contributed by atoms with Crippen LogP contribution in [0.25, 0.3) is 11.0 Å². The number of nitrogens with zero attached hydrogens (tertiary/aromatic N) is 2. The molecule has 0 saturated heterocycles. The Morgan fingerprint density at radius 1 is 1.32 bits per heavy atom. The molecule has 0 atom stereocenters. The minimum absolute atomic E-state index is 0.601. The van der Waals surface area contributed by atoms with Crippen molar-refractivity contribution in [1.82, 2.24) is 9.55 Å². The first-order valence-electron chi connectivity index (χ1n) is 6.99. The fraction of sp³-hybridized carbons (Fsp3) is 0.533. The molecule has 1 fully saturated rings. The molecule has 2 nitrogen and oxygen atoms in total. The Morgan fingerprint density at radius 3 is 2.89 bits per heavy atom. The fourth-order valence-corrected chi connectivity index (χ4v) is 3.01. The van der Waals surface area contributed by atoms with Gasteiger partial charge in [0, 0.05) is 18.8 Å². The Morgan fingerprint density at radius 2 is 2.16 bits per heavy atom. The van der Waals surface area contributed by atoms with Gasteiger partial charge in [0.25, 0.3) is 0 Å². The zero-order valence-electron chi connectivity index (χ0n) is 10.9. The van der Waals surface area contributed by atoms with E-state index in [2.05, 4.69) is 15.6 Å². The topological polar surface area (TPSA) is 17.8 Å². The standard InChI is InChI=1S/C15H18Cl2N2/c16-9-8-14-18-15-12(17)4-1-5-13(15)19(14)10-2-3-11-6-7-11/h1,4-5,11H,2-3,6-10H2. The normalized spacial score (nSPS) is 15.3. The lowest BCUT2D eigenvalue weighted by atomic mass is 10.2. The van der Waals surface area contributed by atoms with E-state index in [0.29, 0.717) is 5.88 Å². The van der Waals surface area contributed by atoms with Gasteiger partial charge in [-0.15, -0.1) is 11.6 Å². The maximum absolute atomic E-state index is 6.23. The SMILES string of the molecule is ClCCc1nc2c(Cl)cccc2n1CCCC1CC1. The Hall–Kier alpha value is -0.730. The quantitative estimate of drug-likeness (QED) is 0.709. The highest BCUT2D eigenvalue weighted by atomic mass is 35.5. The number of halogens is 2. The molecule has 2 aromatic rings. The van der Waals surface area contributed by atoms with E-state index in [4.69, 9.17) is 23.2 Å². The number of para-hydroxylation sites is 1. The Labute approximate surface area is 123 Å². The van der Waals surface area contributed by atoms with E-state index in [-0.39, 0.29) is 0 Å². The number of aromatic nitrogens is 2. The van der Waals surface area contributed by atoms with Gasteiger partial charge in [0.2, 0.25) is 0 Å². The summed E-state index contributed by atoms with van der Waals surface area (Å²) in [5, 5.41) is 0.731. The molecule has 0 spiro atoms. The van der Waals surface area contributed by atoms with Crippen molar-refractivity contribution in [3.8, 4) is 0 Å². The summed E-state index contributed by atoms with van der Waals surface area (Å²) in [6, 6.07) is 5.99. The highest BCUT2D eigenvalue weighted by Crippen LogP contribution is 2.34. The average Bonchev–Trinajstić information content (AvgIpc) is 3.15. The summed E-state index contributed by atoms with van der Waals surface area (Å²) in [6.45, 7) is 1.03. The summed E-state index contributed by atoms with van der Waals surface area (Å²) in [7, 11) is 0. The number of rotatable bonds is 6. The van der Waals surface area contributed by atoms with Gasteiger partial charge < -0.3 is 4.57 Å². The third kappa shape index (κ3) is 2.90. The van der Waals surface area contributed by atoms with Crippen LogP contribution in [0.4, 0.5) is 0 Å². The molecule has 1 aliphatic rings. The molecule has 1 aliphatic carbocycles. The van der Waals surface area contributed by atoms with Crippen LogP contribution in [-0.2, 0) is 13.0 Å². The summed E-state index contributed by atoms with van der Waals surface area (Å²) in [4.78, 5) is 4.66. The molecule has 19 heavy (non-hydrogen) atoms. The highest BCUT2D eigenvalue weighted by molar-refractivity contribution is 6.34. The van der Waals surface area contributed by atoms with Gasteiger partial charge >= 0.3 is 0 Å². The van der Waals surface area contributed by atoms with Crippen LogP contribution in [0.3, 0.4) is 0 Å². The average molecular weight is 297 g/mol. The minimum atomic E-state index is 0.601. The first kappa shape index (κ1) is 13.3. The first-order chi connectivity index (χ1) is 9.29. The van der Waals surface area contributed by atoms with Crippen LogP contribution in [0.15, 0.2) is 18.2 Å². The van der Waals surface area contributed by atoms with E-state index in [1.807, 2.05) is 12.1 Å². The molecule has 0 radical (unpaired) electrons. The van der Waals surface area contributed by atoms with Crippen molar-refractivity contribution >= 4 is 34.2 Å². The minimum Gasteiger partial charge on any atom is -0.328 e. The zero-order valence-corrected chi connectivity index (χ0v) is 12.4. The maximum Gasteiger partial charge on any atom is 0.111 e. The van der Waals surface area contributed by atoms with Gasteiger partial charge in [-0.25, -0.2) is 4.98 Å². The Kier molecular flexibility index (Phi) is 3.99. The molecular formula is C15H18Cl2N2. The lowest BCUT2D eigenvalue weighted by Crippen LogP contribution is -2.05. The summed E-state index contributed by atoms with van der Waals surface area (Å²) in [5.74, 6) is 2.65. The van der Waals surface area contributed by atoms with Crippen molar-refractivity contribution in [1.29, 1.82) is 0 Å². The predicted octanol–water partition coefficient (Wildman–Crippen LogP) is 4.66. The molecule has 0 amide bonds. The van der Waals surface area contributed by atoms with Crippen molar-refractivity contribution < 1.29 is 0 Å². The molecule has 4 heteroatoms. The van der Waals surface area contributed by atoms with E-state index in [1.54, 1.807) is 0 Å². The van der Waals surface area contributed by atoms with Crippen LogP contribution in [0.1, 0.15) is 31.5 Å². The number of benzene rings is 1. The largest absolute Gasteiger partial charge is 0.328 e. The van der Waals surface area contributed by atoms with Crippen molar-refractivity contribution in [3.63, 3.8) is 0 Å². The molecule has 3 rings (SSSR count). The Balaban J connectivity index is 1.88. The van der Waals surface area contributed by atoms with Gasteiger partial charge in [0.15, 0.2) is 0 Å². The lowest BCUT2D eigenvalue weighted by Gasteiger charge is -2.08. The molecule has 1 aromatic carbocycles. The molecule has 0 N–H and O–H groups in total. The lowest BCUT2D eigenvalue weighted by molar-refractivity contribution is 0.571. The van der Waals surface area contributed by atoms with E-state index < -0.39 is 0 Å². The number of imidazole rings is 1. The van der Waals surface area contributed by atoms with Gasteiger partial charge in [-0.2, -0.15) is 0 Å². The second kappa shape index (κ2) is 5.72. The van der Waals surface area contributed by atoms with Crippen LogP contribution in [0.2, 0.25) is 5.02 Å². The molecule has 1 heterocycles. The number of aryl methyl sites for hydroxylation is 2.